The van der Waals surface area contributed by atoms with E-state index in [1.807, 2.05) is 18.2 Å². The SMILES string of the molecule is Cn1nc(C(C)(C)C)cc1NC(=O)Nc1cccc(C#Cc2cnc(N)nc2)c1. The Morgan fingerprint density at radius 1 is 1.07 bits per heavy atom. The van der Waals surface area contributed by atoms with Crippen molar-refractivity contribution in [2.75, 3.05) is 16.4 Å². The zero-order valence-electron chi connectivity index (χ0n) is 16.8. The second-order valence-corrected chi connectivity index (χ2v) is 7.53. The Hall–Kier alpha value is -3.86. The van der Waals surface area contributed by atoms with Crippen molar-refractivity contribution in [2.24, 2.45) is 7.05 Å². The van der Waals surface area contributed by atoms with Crippen molar-refractivity contribution in [3.63, 3.8) is 0 Å². The number of hydrogen-bond donors (Lipinski definition) is 3. The highest BCUT2D eigenvalue weighted by Gasteiger charge is 2.19. The van der Waals surface area contributed by atoms with E-state index in [1.54, 1.807) is 36.3 Å². The molecular weight excluding hydrogens is 366 g/mol. The van der Waals surface area contributed by atoms with Crippen molar-refractivity contribution in [1.29, 1.82) is 0 Å². The Balaban J connectivity index is 1.68. The summed E-state index contributed by atoms with van der Waals surface area (Å²) in [7, 11) is 1.79. The van der Waals surface area contributed by atoms with E-state index in [0.29, 0.717) is 17.1 Å². The number of carbonyl (C=O) groups is 1. The molecule has 8 heteroatoms. The maximum atomic E-state index is 12.4. The van der Waals surface area contributed by atoms with Crippen molar-refractivity contribution in [2.45, 2.75) is 26.2 Å². The molecule has 0 aliphatic heterocycles. The summed E-state index contributed by atoms with van der Waals surface area (Å²) in [6, 6.07) is 8.77. The largest absolute Gasteiger partial charge is 0.368 e. The normalized spacial score (nSPS) is 10.8. The van der Waals surface area contributed by atoms with Crippen LogP contribution in [0.25, 0.3) is 0 Å². The van der Waals surface area contributed by atoms with Gasteiger partial charge in [0.15, 0.2) is 0 Å². The van der Waals surface area contributed by atoms with Gasteiger partial charge in [-0.2, -0.15) is 5.10 Å². The molecule has 2 heterocycles. The number of anilines is 3. The second kappa shape index (κ2) is 8.02. The number of amides is 2. The molecule has 1 aromatic carbocycles. The zero-order valence-corrected chi connectivity index (χ0v) is 16.8. The summed E-state index contributed by atoms with van der Waals surface area (Å²) >= 11 is 0. The molecule has 0 unspecified atom stereocenters. The predicted molar refractivity (Wildman–Crippen MR) is 113 cm³/mol. The highest BCUT2D eigenvalue weighted by Crippen LogP contribution is 2.23. The Labute approximate surface area is 169 Å². The van der Waals surface area contributed by atoms with Crippen LogP contribution in [-0.4, -0.2) is 25.8 Å². The summed E-state index contributed by atoms with van der Waals surface area (Å²) in [5.74, 6) is 6.80. The first-order chi connectivity index (χ1) is 13.7. The highest BCUT2D eigenvalue weighted by molar-refractivity contribution is 5.99. The molecule has 0 aliphatic carbocycles. The highest BCUT2D eigenvalue weighted by atomic mass is 16.2. The van der Waals surface area contributed by atoms with Crippen LogP contribution >= 0.6 is 0 Å². The van der Waals surface area contributed by atoms with Gasteiger partial charge in [-0.3, -0.25) is 10.00 Å². The number of nitrogens with one attached hydrogen (secondary N) is 2. The molecule has 4 N–H and O–H groups in total. The van der Waals surface area contributed by atoms with E-state index in [1.165, 1.54) is 0 Å². The van der Waals surface area contributed by atoms with Gasteiger partial charge in [0, 0.05) is 42.2 Å². The molecule has 148 valence electrons. The van der Waals surface area contributed by atoms with E-state index in [0.717, 1.165) is 11.3 Å². The Morgan fingerprint density at radius 2 is 1.76 bits per heavy atom. The average Bonchev–Trinajstić information content (AvgIpc) is 3.02. The van der Waals surface area contributed by atoms with Crippen molar-refractivity contribution >= 4 is 23.5 Å². The third-order valence-corrected chi connectivity index (χ3v) is 4.03. The Morgan fingerprint density at radius 3 is 2.41 bits per heavy atom. The quantitative estimate of drug-likeness (QED) is 0.583. The molecule has 0 aliphatic rings. The molecule has 0 fully saturated rings. The Bertz CT molecular complexity index is 1080. The lowest BCUT2D eigenvalue weighted by Crippen LogP contribution is -2.21. The molecule has 0 atom stereocenters. The lowest BCUT2D eigenvalue weighted by molar-refractivity contribution is 0.262. The molecule has 0 spiro atoms. The summed E-state index contributed by atoms with van der Waals surface area (Å²) in [6.45, 7) is 6.21. The van der Waals surface area contributed by atoms with E-state index in [4.69, 9.17) is 5.73 Å². The van der Waals surface area contributed by atoms with E-state index in [-0.39, 0.29) is 17.4 Å². The van der Waals surface area contributed by atoms with Gasteiger partial charge in [-0.25, -0.2) is 14.8 Å². The van der Waals surface area contributed by atoms with Crippen LogP contribution in [0.3, 0.4) is 0 Å². The number of benzene rings is 1. The van der Waals surface area contributed by atoms with Crippen LogP contribution in [0.15, 0.2) is 42.7 Å². The molecule has 2 aromatic heterocycles. The fraction of sp³-hybridized carbons (Fsp3) is 0.238. The van der Waals surface area contributed by atoms with E-state index in [9.17, 15) is 4.79 Å². The molecule has 0 radical (unpaired) electrons. The van der Waals surface area contributed by atoms with Crippen LogP contribution in [0, 0.1) is 11.8 Å². The predicted octanol–water partition coefficient (Wildman–Crippen LogP) is 3.13. The minimum absolute atomic E-state index is 0.101. The minimum Gasteiger partial charge on any atom is -0.368 e. The van der Waals surface area contributed by atoms with Crippen LogP contribution in [0.4, 0.5) is 22.2 Å². The topological polar surface area (TPSA) is 111 Å². The summed E-state index contributed by atoms with van der Waals surface area (Å²) in [4.78, 5) is 20.2. The smallest absolute Gasteiger partial charge is 0.324 e. The Kier molecular flexibility index (Phi) is 5.50. The first-order valence-corrected chi connectivity index (χ1v) is 9.03. The van der Waals surface area contributed by atoms with Crippen LogP contribution in [0.1, 0.15) is 37.6 Å². The zero-order chi connectivity index (χ0) is 21.0. The molecular formula is C21H23N7O. The van der Waals surface area contributed by atoms with Crippen molar-refractivity contribution < 1.29 is 4.79 Å². The van der Waals surface area contributed by atoms with Gasteiger partial charge < -0.3 is 11.1 Å². The van der Waals surface area contributed by atoms with Gasteiger partial charge in [-0.1, -0.05) is 38.7 Å². The fourth-order valence-corrected chi connectivity index (χ4v) is 2.45. The third-order valence-electron chi connectivity index (χ3n) is 4.03. The first-order valence-electron chi connectivity index (χ1n) is 9.03. The lowest BCUT2D eigenvalue weighted by Gasteiger charge is -2.13. The van der Waals surface area contributed by atoms with E-state index < -0.39 is 0 Å². The van der Waals surface area contributed by atoms with Crippen molar-refractivity contribution in [3.05, 3.63) is 59.5 Å². The van der Waals surface area contributed by atoms with Gasteiger partial charge in [0.05, 0.1) is 11.3 Å². The molecule has 8 nitrogen and oxygen atoms in total. The van der Waals surface area contributed by atoms with Gasteiger partial charge in [0.2, 0.25) is 5.95 Å². The maximum absolute atomic E-state index is 12.4. The first kappa shape index (κ1) is 19.9. The molecule has 3 aromatic rings. The van der Waals surface area contributed by atoms with Crippen molar-refractivity contribution in [3.8, 4) is 11.8 Å². The van der Waals surface area contributed by atoms with Gasteiger partial charge in [-0.05, 0) is 18.2 Å². The number of nitrogens with two attached hydrogens (primary N) is 1. The van der Waals surface area contributed by atoms with Gasteiger partial charge in [0.1, 0.15) is 5.82 Å². The number of aromatic nitrogens is 4. The van der Waals surface area contributed by atoms with Gasteiger partial charge in [0.25, 0.3) is 0 Å². The fourth-order valence-electron chi connectivity index (χ4n) is 2.45. The standard InChI is InChI=1S/C21H23N7O/c1-21(2,3)17-11-18(28(4)27-17)26-20(29)25-16-7-5-6-14(10-16)8-9-15-12-23-19(22)24-13-15/h5-7,10-13H,1-4H3,(H2,22,23,24)(H2,25,26,29). The number of hydrogen-bond acceptors (Lipinski definition) is 5. The summed E-state index contributed by atoms with van der Waals surface area (Å²) in [6.07, 6.45) is 3.12. The summed E-state index contributed by atoms with van der Waals surface area (Å²) < 4.78 is 1.65. The monoisotopic (exact) mass is 389 g/mol. The minimum atomic E-state index is -0.356. The number of urea groups is 1. The lowest BCUT2D eigenvalue weighted by atomic mass is 9.92. The number of nitrogen functional groups attached to an aromatic ring is 1. The molecule has 2 amide bonds. The average molecular weight is 389 g/mol. The molecule has 29 heavy (non-hydrogen) atoms. The van der Waals surface area contributed by atoms with Crippen LogP contribution in [-0.2, 0) is 12.5 Å². The summed E-state index contributed by atoms with van der Waals surface area (Å²) in [5, 5.41) is 10.1. The number of carbonyl (C=O) groups excluding carboxylic acids is 1. The third kappa shape index (κ3) is 5.32. The molecule has 0 saturated carbocycles. The second-order valence-electron chi connectivity index (χ2n) is 7.53. The number of aryl methyl sites for hydroxylation is 1. The van der Waals surface area contributed by atoms with E-state index >= 15 is 0 Å². The molecule has 3 rings (SSSR count). The van der Waals surface area contributed by atoms with Gasteiger partial charge >= 0.3 is 6.03 Å². The molecule has 0 bridgehead atoms. The van der Waals surface area contributed by atoms with Crippen LogP contribution in [0.2, 0.25) is 0 Å². The molecule has 0 saturated heterocycles. The van der Waals surface area contributed by atoms with E-state index in [2.05, 4.69) is 58.3 Å². The number of rotatable bonds is 2. The van der Waals surface area contributed by atoms with Crippen LogP contribution in [0.5, 0.6) is 0 Å². The van der Waals surface area contributed by atoms with Gasteiger partial charge in [-0.15, -0.1) is 0 Å². The van der Waals surface area contributed by atoms with Crippen LogP contribution < -0.4 is 16.4 Å². The maximum Gasteiger partial charge on any atom is 0.324 e. The number of nitrogens with zero attached hydrogens (tertiary/aromatic N) is 4. The van der Waals surface area contributed by atoms with Crippen molar-refractivity contribution in [1.82, 2.24) is 19.7 Å². The summed E-state index contributed by atoms with van der Waals surface area (Å²) in [5.41, 5.74) is 8.29.